The topological polar surface area (TPSA) is 195 Å². The van der Waals surface area contributed by atoms with Crippen LogP contribution in [0.2, 0.25) is 0 Å². The Morgan fingerprint density at radius 3 is 1.86 bits per heavy atom. The zero-order valence-electron chi connectivity index (χ0n) is 39.2. The van der Waals surface area contributed by atoms with Crippen molar-refractivity contribution in [2.45, 2.75) is 115 Å². The molecule has 7 rings (SSSR count). The highest BCUT2D eigenvalue weighted by molar-refractivity contribution is 6.09. The van der Waals surface area contributed by atoms with Crippen LogP contribution in [0.5, 0.6) is 0 Å². The minimum absolute atomic E-state index is 0.00703. The summed E-state index contributed by atoms with van der Waals surface area (Å²) in [7, 11) is 0. The molecular weight excluding hydrogens is 951 g/mol. The van der Waals surface area contributed by atoms with E-state index in [1.54, 1.807) is 18.2 Å². The molecule has 0 radical (unpaired) electrons. The number of benzene rings is 3. The minimum Gasteiger partial charge on any atom is -0.458 e. The van der Waals surface area contributed by atoms with E-state index >= 15 is 4.79 Å². The maximum absolute atomic E-state index is 15.9. The Bertz CT molecular complexity index is 2710. The third-order valence-electron chi connectivity index (χ3n) is 14.2. The molecule has 3 aromatic carbocycles. The number of ether oxygens (including phenoxy) is 6. The van der Waals surface area contributed by atoms with Gasteiger partial charge in [0.05, 0.1) is 34.6 Å². The zero-order chi connectivity index (χ0) is 52.4. The van der Waals surface area contributed by atoms with E-state index in [0.29, 0.717) is 12.1 Å². The normalized spacial score (nSPS) is 29.0. The molecule has 1 N–H and O–H groups in total. The molecule has 378 valence electrons. The fraction of sp³-hybridized carbons (Fsp3) is 0.431. The maximum Gasteiger partial charge on any atom is 0.416 e. The second-order valence-corrected chi connectivity index (χ2v) is 18.8. The van der Waals surface area contributed by atoms with Gasteiger partial charge in [0.1, 0.15) is 30.0 Å². The van der Waals surface area contributed by atoms with Crippen LogP contribution in [0.25, 0.3) is 6.08 Å². The van der Waals surface area contributed by atoms with Crippen molar-refractivity contribution in [3.8, 4) is 0 Å². The molecule has 4 aliphatic rings. The first-order valence-electron chi connectivity index (χ1n) is 22.2. The lowest BCUT2D eigenvalue weighted by molar-refractivity contribution is -0.346. The van der Waals surface area contributed by atoms with Crippen molar-refractivity contribution in [3.05, 3.63) is 123 Å². The van der Waals surface area contributed by atoms with Crippen molar-refractivity contribution in [1.82, 2.24) is 0 Å². The summed E-state index contributed by atoms with van der Waals surface area (Å²) in [5.74, 6) is -8.48. The molecule has 2 bridgehead atoms. The molecule has 9 atom stereocenters. The number of alkyl halides is 6. The van der Waals surface area contributed by atoms with Gasteiger partial charge in [-0.05, 0) is 67.0 Å². The summed E-state index contributed by atoms with van der Waals surface area (Å²) < 4.78 is 117. The lowest BCUT2D eigenvalue weighted by Gasteiger charge is -2.67. The highest BCUT2D eigenvalue weighted by Gasteiger charge is 2.79. The van der Waals surface area contributed by atoms with E-state index in [9.17, 15) is 60.2 Å². The van der Waals surface area contributed by atoms with Gasteiger partial charge in [-0.2, -0.15) is 26.3 Å². The monoisotopic (exact) mass is 998 g/mol. The fourth-order valence-electron chi connectivity index (χ4n) is 10.7. The Balaban J connectivity index is 1.32. The number of Topliss-reactive ketones (excluding diaryl/α,β-unsaturated/α-hetero) is 1. The number of rotatable bonds is 10. The average Bonchev–Trinajstić information content (AvgIpc) is 3.28. The van der Waals surface area contributed by atoms with Crippen LogP contribution in [0, 0.1) is 16.7 Å². The van der Waals surface area contributed by atoms with Crippen molar-refractivity contribution in [3.63, 3.8) is 0 Å². The van der Waals surface area contributed by atoms with Crippen LogP contribution in [0.15, 0.2) is 90.0 Å². The van der Waals surface area contributed by atoms with Gasteiger partial charge in [-0.25, -0.2) is 9.59 Å². The van der Waals surface area contributed by atoms with Crippen LogP contribution in [0.1, 0.15) is 104 Å². The quantitative estimate of drug-likeness (QED) is 0.0517. The summed E-state index contributed by atoms with van der Waals surface area (Å²) in [4.78, 5) is 96.3. The van der Waals surface area contributed by atoms with Gasteiger partial charge in [-0.15, -0.1) is 0 Å². The Morgan fingerprint density at radius 2 is 1.34 bits per heavy atom. The molecule has 0 aromatic heterocycles. The highest BCUT2D eigenvalue weighted by Crippen LogP contribution is 2.65. The Labute approximate surface area is 402 Å². The van der Waals surface area contributed by atoms with Gasteiger partial charge < -0.3 is 33.5 Å². The first-order chi connectivity index (χ1) is 32.9. The SMILES string of the molecule is CC(=O)O[C@H]1C(=O)[C@]2(C)[C@@H](OC(=O)/C=C/c3ccc(C(=O)c4cc(C(F)(F)F)cc(C(F)(F)F)c4)cc3)C[C@H]3OC[C@@]3(OC(C)=O)[C@H]2[C@H](OC(=O)c2ccccc2)[C@]2(O)C[C@H](OC(C)=O)C(C)=C1C2(C)C. The second-order valence-electron chi connectivity index (χ2n) is 18.8. The molecule has 3 aromatic rings. The molecule has 0 spiro atoms. The molecule has 3 aliphatic carbocycles. The molecule has 1 heterocycles. The van der Waals surface area contributed by atoms with Gasteiger partial charge in [0.25, 0.3) is 0 Å². The molecule has 20 heteroatoms. The van der Waals surface area contributed by atoms with E-state index in [2.05, 4.69) is 0 Å². The summed E-state index contributed by atoms with van der Waals surface area (Å²) in [6.45, 7) is 8.76. The van der Waals surface area contributed by atoms with Gasteiger partial charge in [0, 0.05) is 56.2 Å². The number of fused-ring (bicyclic) bond motifs is 5. The summed E-state index contributed by atoms with van der Waals surface area (Å²) in [6.07, 6.45) is -17.0. The van der Waals surface area contributed by atoms with Crippen molar-refractivity contribution in [2.24, 2.45) is 16.7 Å². The standard InChI is InChI=1S/C51H48F6O14/c1-25-35(67-26(2)58)23-49(65)44(70-45(64)31-11-9-8-10-12-31)42-47(7,43(63)41(68-27(3)59)39(25)46(49,5)6)36(22-37-48(42,24-66-37)71-28(4)60)69-38(61)18-15-29-13-16-30(17-14-29)40(62)32-19-33(50(52,53)54)21-34(20-32)51(55,56)57/h8-21,35-37,41-42,44,65H,22-24H2,1-7H3/b18-15+/t35-,36-,37+,41+,42-,44-,47+,48-,49+/m0/s1. The Morgan fingerprint density at radius 1 is 0.746 bits per heavy atom. The third-order valence-corrected chi connectivity index (χ3v) is 14.2. The maximum atomic E-state index is 15.9. The molecule has 3 fully saturated rings. The van der Waals surface area contributed by atoms with Crippen LogP contribution in [0.3, 0.4) is 0 Å². The lowest BCUT2D eigenvalue weighted by atomic mass is 9.44. The number of esters is 5. The summed E-state index contributed by atoms with van der Waals surface area (Å²) in [6, 6.07) is 12.8. The van der Waals surface area contributed by atoms with Crippen LogP contribution in [-0.2, 0) is 64.7 Å². The van der Waals surface area contributed by atoms with Gasteiger partial charge >= 0.3 is 42.2 Å². The van der Waals surface area contributed by atoms with Gasteiger partial charge in [0.15, 0.2) is 23.3 Å². The molecule has 1 saturated heterocycles. The first kappa shape index (κ1) is 52.2. The van der Waals surface area contributed by atoms with Crippen molar-refractivity contribution < 1.29 is 93.4 Å². The molecular formula is C51H48F6O14. The van der Waals surface area contributed by atoms with Gasteiger partial charge in [-0.1, -0.05) is 56.3 Å². The van der Waals surface area contributed by atoms with Crippen LogP contribution >= 0.6 is 0 Å². The van der Waals surface area contributed by atoms with Crippen LogP contribution < -0.4 is 0 Å². The van der Waals surface area contributed by atoms with Crippen molar-refractivity contribution in [2.75, 3.05) is 6.61 Å². The second kappa shape index (κ2) is 18.5. The number of hydrogen-bond donors (Lipinski definition) is 1. The van der Waals surface area contributed by atoms with Crippen molar-refractivity contribution >= 4 is 47.5 Å². The van der Waals surface area contributed by atoms with Crippen molar-refractivity contribution in [1.29, 1.82) is 0 Å². The number of halogens is 6. The lowest BCUT2D eigenvalue weighted by Crippen LogP contribution is -2.82. The number of hydrogen-bond acceptors (Lipinski definition) is 14. The minimum atomic E-state index is -5.20. The molecule has 0 amide bonds. The molecule has 14 nitrogen and oxygen atoms in total. The van der Waals surface area contributed by atoms with Gasteiger partial charge in [0.2, 0.25) is 0 Å². The van der Waals surface area contributed by atoms with E-state index in [-0.39, 0.29) is 40.3 Å². The molecule has 0 unspecified atom stereocenters. The third kappa shape index (κ3) is 9.38. The van der Waals surface area contributed by atoms with E-state index in [0.717, 1.165) is 39.0 Å². The highest BCUT2D eigenvalue weighted by atomic mass is 19.4. The molecule has 2 saturated carbocycles. The summed E-state index contributed by atoms with van der Waals surface area (Å²) >= 11 is 0. The largest absolute Gasteiger partial charge is 0.458 e. The smallest absolute Gasteiger partial charge is 0.416 e. The first-order valence-corrected chi connectivity index (χ1v) is 22.2. The fourth-order valence-corrected chi connectivity index (χ4v) is 10.7. The Kier molecular flexibility index (Phi) is 13.6. The number of carbonyl (C=O) groups is 7. The van der Waals surface area contributed by atoms with E-state index < -0.39 is 142 Å². The molecule has 1 aliphatic heterocycles. The van der Waals surface area contributed by atoms with E-state index in [4.69, 9.17) is 28.4 Å². The predicted octanol–water partition coefficient (Wildman–Crippen LogP) is 7.76. The average molecular weight is 999 g/mol. The number of ketones is 2. The number of aliphatic hydroxyl groups is 1. The van der Waals surface area contributed by atoms with E-state index in [1.807, 2.05) is 0 Å². The molecule has 71 heavy (non-hydrogen) atoms. The zero-order valence-corrected chi connectivity index (χ0v) is 39.2. The number of carbonyl (C=O) groups excluding carboxylic acids is 7. The summed E-state index contributed by atoms with van der Waals surface area (Å²) in [5.41, 5.74) is -12.3. The van der Waals surface area contributed by atoms with Crippen LogP contribution in [-0.4, -0.2) is 94.8 Å². The van der Waals surface area contributed by atoms with Gasteiger partial charge in [-0.3, -0.25) is 24.0 Å². The summed E-state index contributed by atoms with van der Waals surface area (Å²) in [5, 5.41) is 13.6. The Hall–Kier alpha value is -6.67. The van der Waals surface area contributed by atoms with E-state index in [1.165, 1.54) is 58.0 Å². The van der Waals surface area contributed by atoms with Crippen LogP contribution in [0.4, 0.5) is 26.3 Å². The predicted molar refractivity (Wildman–Crippen MR) is 233 cm³/mol.